The molecule has 15 heavy (non-hydrogen) atoms. The first-order valence-electron chi connectivity index (χ1n) is 6.10. The highest BCUT2D eigenvalue weighted by atomic mass is 16.6. The number of epoxide rings is 1. The van der Waals surface area contributed by atoms with E-state index in [0.29, 0.717) is 12.0 Å². The number of rotatable bonds is 10. The van der Waals surface area contributed by atoms with Crippen LogP contribution in [-0.4, -0.2) is 39.1 Å². The molecule has 1 heterocycles. The third kappa shape index (κ3) is 7.77. The van der Waals surface area contributed by atoms with Crippen LogP contribution < -0.4 is 0 Å². The molecule has 3 nitrogen and oxygen atoms in total. The zero-order valence-corrected chi connectivity index (χ0v) is 10.0. The van der Waals surface area contributed by atoms with Crippen LogP contribution in [0.5, 0.6) is 0 Å². The molecule has 0 spiro atoms. The summed E-state index contributed by atoms with van der Waals surface area (Å²) < 4.78 is 16.0. The van der Waals surface area contributed by atoms with E-state index < -0.39 is 0 Å². The Labute approximate surface area is 93.1 Å². The standard InChI is InChI=1S/C12H24O3/c1-3-11(2)8-13-6-4-5-7-14-9-12-10-15-12/h11-12H,3-10H2,1-2H3. The van der Waals surface area contributed by atoms with Crippen LogP contribution in [0.25, 0.3) is 0 Å². The van der Waals surface area contributed by atoms with Crippen LogP contribution in [0.1, 0.15) is 33.1 Å². The van der Waals surface area contributed by atoms with Gasteiger partial charge in [0.1, 0.15) is 6.10 Å². The Hall–Kier alpha value is -0.120. The summed E-state index contributed by atoms with van der Waals surface area (Å²) in [6.45, 7) is 8.68. The van der Waals surface area contributed by atoms with Gasteiger partial charge in [-0.15, -0.1) is 0 Å². The highest BCUT2D eigenvalue weighted by Gasteiger charge is 2.21. The van der Waals surface area contributed by atoms with Crippen molar-refractivity contribution in [3.05, 3.63) is 0 Å². The van der Waals surface area contributed by atoms with E-state index in [1.54, 1.807) is 0 Å². The second-order valence-electron chi connectivity index (χ2n) is 4.33. The number of hydrogen-bond acceptors (Lipinski definition) is 3. The number of unbranched alkanes of at least 4 members (excludes halogenated alkanes) is 1. The van der Waals surface area contributed by atoms with Crippen LogP contribution >= 0.6 is 0 Å². The molecule has 0 aliphatic carbocycles. The average molecular weight is 216 g/mol. The molecular weight excluding hydrogens is 192 g/mol. The van der Waals surface area contributed by atoms with Crippen LogP contribution in [0.3, 0.4) is 0 Å². The second-order valence-corrected chi connectivity index (χ2v) is 4.33. The van der Waals surface area contributed by atoms with E-state index in [9.17, 15) is 0 Å². The molecule has 90 valence electrons. The fourth-order valence-electron chi connectivity index (χ4n) is 1.19. The molecule has 0 amide bonds. The van der Waals surface area contributed by atoms with Gasteiger partial charge in [0.25, 0.3) is 0 Å². The van der Waals surface area contributed by atoms with Gasteiger partial charge < -0.3 is 14.2 Å². The topological polar surface area (TPSA) is 31.0 Å². The molecule has 0 aromatic carbocycles. The van der Waals surface area contributed by atoms with Gasteiger partial charge in [-0.25, -0.2) is 0 Å². The summed E-state index contributed by atoms with van der Waals surface area (Å²) in [6, 6.07) is 0. The molecule has 3 heteroatoms. The first-order chi connectivity index (χ1) is 7.33. The number of hydrogen-bond donors (Lipinski definition) is 0. The van der Waals surface area contributed by atoms with Crippen molar-refractivity contribution >= 4 is 0 Å². The monoisotopic (exact) mass is 216 g/mol. The van der Waals surface area contributed by atoms with Gasteiger partial charge in [0.15, 0.2) is 0 Å². The van der Waals surface area contributed by atoms with E-state index in [2.05, 4.69) is 13.8 Å². The summed E-state index contributed by atoms with van der Waals surface area (Å²) in [7, 11) is 0. The van der Waals surface area contributed by atoms with Gasteiger partial charge in [0.05, 0.1) is 13.2 Å². The molecule has 0 saturated carbocycles. The Balaban J connectivity index is 1.68. The first-order valence-corrected chi connectivity index (χ1v) is 6.10. The Kier molecular flexibility index (Phi) is 6.98. The zero-order valence-electron chi connectivity index (χ0n) is 10.0. The maximum absolute atomic E-state index is 5.55. The second kappa shape index (κ2) is 8.08. The summed E-state index contributed by atoms with van der Waals surface area (Å²) in [6.07, 6.45) is 3.78. The fraction of sp³-hybridized carbons (Fsp3) is 1.00. The maximum atomic E-state index is 5.55. The quantitative estimate of drug-likeness (QED) is 0.414. The van der Waals surface area contributed by atoms with Crippen molar-refractivity contribution in [2.24, 2.45) is 5.92 Å². The van der Waals surface area contributed by atoms with E-state index >= 15 is 0 Å². The minimum Gasteiger partial charge on any atom is -0.381 e. The van der Waals surface area contributed by atoms with Crippen molar-refractivity contribution < 1.29 is 14.2 Å². The lowest BCUT2D eigenvalue weighted by atomic mass is 10.1. The van der Waals surface area contributed by atoms with E-state index in [0.717, 1.165) is 45.9 Å². The lowest BCUT2D eigenvalue weighted by Gasteiger charge is -2.09. The van der Waals surface area contributed by atoms with Crippen LogP contribution in [-0.2, 0) is 14.2 Å². The molecule has 2 unspecified atom stereocenters. The Morgan fingerprint density at radius 3 is 2.53 bits per heavy atom. The van der Waals surface area contributed by atoms with Gasteiger partial charge >= 0.3 is 0 Å². The van der Waals surface area contributed by atoms with Crippen molar-refractivity contribution in [2.75, 3.05) is 33.0 Å². The van der Waals surface area contributed by atoms with Crippen molar-refractivity contribution in [3.8, 4) is 0 Å². The Morgan fingerprint density at radius 1 is 1.27 bits per heavy atom. The van der Waals surface area contributed by atoms with E-state index in [4.69, 9.17) is 14.2 Å². The zero-order chi connectivity index (χ0) is 10.9. The van der Waals surface area contributed by atoms with Gasteiger partial charge in [-0.2, -0.15) is 0 Å². The van der Waals surface area contributed by atoms with Gasteiger partial charge in [-0.05, 0) is 18.8 Å². The summed E-state index contributed by atoms with van der Waals surface area (Å²) in [5.41, 5.74) is 0. The summed E-state index contributed by atoms with van der Waals surface area (Å²) in [5, 5.41) is 0. The van der Waals surface area contributed by atoms with E-state index in [1.165, 1.54) is 6.42 Å². The molecular formula is C12H24O3. The van der Waals surface area contributed by atoms with Crippen LogP contribution in [0.4, 0.5) is 0 Å². The third-order valence-electron chi connectivity index (χ3n) is 2.63. The molecule has 0 bridgehead atoms. The van der Waals surface area contributed by atoms with Crippen LogP contribution in [0.15, 0.2) is 0 Å². The molecule has 0 N–H and O–H groups in total. The molecule has 2 atom stereocenters. The SMILES string of the molecule is CCC(C)COCCCCOCC1CO1. The summed E-state index contributed by atoms with van der Waals surface area (Å²) in [5.74, 6) is 0.688. The fourth-order valence-corrected chi connectivity index (χ4v) is 1.19. The highest BCUT2D eigenvalue weighted by molar-refractivity contribution is 4.66. The van der Waals surface area contributed by atoms with E-state index in [1.807, 2.05) is 0 Å². The molecule has 0 aromatic heterocycles. The maximum Gasteiger partial charge on any atom is 0.104 e. The van der Waals surface area contributed by atoms with Gasteiger partial charge in [-0.1, -0.05) is 20.3 Å². The molecule has 0 aromatic rings. The predicted octanol–water partition coefficient (Wildman–Crippen LogP) is 2.24. The largest absolute Gasteiger partial charge is 0.381 e. The molecule has 1 aliphatic heterocycles. The van der Waals surface area contributed by atoms with Crippen molar-refractivity contribution in [1.29, 1.82) is 0 Å². The Morgan fingerprint density at radius 2 is 1.93 bits per heavy atom. The minimum atomic E-state index is 0.395. The third-order valence-corrected chi connectivity index (χ3v) is 2.63. The average Bonchev–Trinajstić information content (AvgIpc) is 3.05. The van der Waals surface area contributed by atoms with Crippen molar-refractivity contribution in [3.63, 3.8) is 0 Å². The van der Waals surface area contributed by atoms with Gasteiger partial charge in [0.2, 0.25) is 0 Å². The van der Waals surface area contributed by atoms with Crippen LogP contribution in [0, 0.1) is 5.92 Å². The first kappa shape index (κ1) is 12.9. The van der Waals surface area contributed by atoms with Gasteiger partial charge in [-0.3, -0.25) is 0 Å². The molecule has 1 saturated heterocycles. The molecule has 1 rings (SSSR count). The lowest BCUT2D eigenvalue weighted by molar-refractivity contribution is 0.0818. The Bertz CT molecular complexity index is 146. The predicted molar refractivity (Wildman–Crippen MR) is 60.1 cm³/mol. The van der Waals surface area contributed by atoms with Gasteiger partial charge in [0, 0.05) is 19.8 Å². The molecule has 1 fully saturated rings. The van der Waals surface area contributed by atoms with E-state index in [-0.39, 0.29) is 0 Å². The normalized spacial score (nSPS) is 21.6. The van der Waals surface area contributed by atoms with Crippen molar-refractivity contribution in [2.45, 2.75) is 39.2 Å². The molecule has 1 aliphatic rings. The lowest BCUT2D eigenvalue weighted by Crippen LogP contribution is -2.07. The van der Waals surface area contributed by atoms with Crippen LogP contribution in [0.2, 0.25) is 0 Å². The summed E-state index contributed by atoms with van der Waals surface area (Å²) in [4.78, 5) is 0. The smallest absolute Gasteiger partial charge is 0.104 e. The highest BCUT2D eigenvalue weighted by Crippen LogP contribution is 2.08. The minimum absolute atomic E-state index is 0.395. The summed E-state index contributed by atoms with van der Waals surface area (Å²) >= 11 is 0. The number of ether oxygens (including phenoxy) is 3. The van der Waals surface area contributed by atoms with Crippen molar-refractivity contribution in [1.82, 2.24) is 0 Å². The molecule has 0 radical (unpaired) electrons.